The van der Waals surface area contributed by atoms with Crippen LogP contribution in [0.2, 0.25) is 0 Å². The highest BCUT2D eigenvalue weighted by molar-refractivity contribution is 5.74. The number of para-hydroxylation sites is 2. The van der Waals surface area contributed by atoms with E-state index in [0.29, 0.717) is 37.7 Å². The smallest absolute Gasteiger partial charge is 0.320 e. The number of carbonyl (C=O) groups is 2. The zero-order valence-electron chi connectivity index (χ0n) is 11.9. The van der Waals surface area contributed by atoms with Crippen LogP contribution in [0.25, 0.3) is 0 Å². The van der Waals surface area contributed by atoms with E-state index in [1.54, 1.807) is 29.0 Å². The van der Waals surface area contributed by atoms with Crippen molar-refractivity contribution in [2.24, 2.45) is 0 Å². The Labute approximate surface area is 123 Å². The van der Waals surface area contributed by atoms with E-state index in [-0.39, 0.29) is 12.8 Å². The molecule has 1 aliphatic rings. The molecule has 0 saturated carbocycles. The van der Waals surface area contributed by atoms with E-state index in [1.807, 2.05) is 12.1 Å². The van der Waals surface area contributed by atoms with Crippen LogP contribution in [0.5, 0.6) is 11.5 Å². The third kappa shape index (κ3) is 4.01. The molecule has 0 bridgehead atoms. The first-order valence-corrected chi connectivity index (χ1v) is 6.72. The van der Waals surface area contributed by atoms with Crippen molar-refractivity contribution in [2.75, 3.05) is 40.0 Å². The maximum absolute atomic E-state index is 11.9. The minimum absolute atomic E-state index is 0.0626. The van der Waals surface area contributed by atoms with Crippen molar-refractivity contribution < 1.29 is 19.1 Å². The van der Waals surface area contributed by atoms with Crippen LogP contribution >= 0.6 is 0 Å². The van der Waals surface area contributed by atoms with Gasteiger partial charge in [0.25, 0.3) is 0 Å². The van der Waals surface area contributed by atoms with Crippen molar-refractivity contribution in [3.63, 3.8) is 0 Å². The molecule has 1 saturated heterocycles. The molecule has 0 radical (unpaired) electrons. The largest absolute Gasteiger partial charge is 0.493 e. The van der Waals surface area contributed by atoms with Gasteiger partial charge < -0.3 is 24.6 Å². The van der Waals surface area contributed by atoms with Crippen molar-refractivity contribution in [2.45, 2.75) is 0 Å². The first-order chi connectivity index (χ1) is 10.2. The van der Waals surface area contributed by atoms with Crippen LogP contribution in [0.1, 0.15) is 0 Å². The number of piperazine rings is 1. The molecule has 1 aromatic carbocycles. The lowest BCUT2D eigenvalue weighted by molar-refractivity contribution is -0.119. The Hall–Kier alpha value is -2.44. The third-order valence-corrected chi connectivity index (χ3v) is 3.27. The molecule has 0 atom stereocenters. The monoisotopic (exact) mass is 293 g/mol. The molecule has 21 heavy (non-hydrogen) atoms. The van der Waals surface area contributed by atoms with E-state index in [2.05, 4.69) is 5.32 Å². The molecule has 0 aliphatic carbocycles. The van der Waals surface area contributed by atoms with Crippen LogP contribution in [-0.2, 0) is 4.79 Å². The van der Waals surface area contributed by atoms with E-state index >= 15 is 0 Å². The van der Waals surface area contributed by atoms with Crippen LogP contribution in [0, 0.1) is 0 Å². The number of nitrogens with zero attached hydrogens (tertiary/aromatic N) is 2. The molecule has 0 unspecified atom stereocenters. The van der Waals surface area contributed by atoms with Crippen molar-refractivity contribution in [1.29, 1.82) is 0 Å². The molecule has 1 aromatic rings. The number of methoxy groups -OCH3 is 1. The number of urea groups is 1. The summed E-state index contributed by atoms with van der Waals surface area (Å²) in [5.74, 6) is 1.19. The van der Waals surface area contributed by atoms with Crippen LogP contribution < -0.4 is 14.8 Å². The lowest BCUT2D eigenvalue weighted by atomic mass is 10.3. The van der Waals surface area contributed by atoms with E-state index < -0.39 is 0 Å². The summed E-state index contributed by atoms with van der Waals surface area (Å²) in [7, 11) is 1.56. The molecular weight excluding hydrogens is 274 g/mol. The van der Waals surface area contributed by atoms with Gasteiger partial charge in [0.15, 0.2) is 18.2 Å². The Bertz CT molecular complexity index is 487. The maximum atomic E-state index is 11.9. The lowest BCUT2D eigenvalue weighted by Gasteiger charge is -2.32. The second-order valence-corrected chi connectivity index (χ2v) is 4.55. The van der Waals surface area contributed by atoms with Gasteiger partial charge in [0.2, 0.25) is 6.41 Å². The number of hydrogen-bond acceptors (Lipinski definition) is 4. The summed E-state index contributed by atoms with van der Waals surface area (Å²) in [6, 6.07) is 7.04. The van der Waals surface area contributed by atoms with Crippen molar-refractivity contribution in [3.05, 3.63) is 24.3 Å². The molecule has 1 aliphatic heterocycles. The summed E-state index contributed by atoms with van der Waals surface area (Å²) in [6.45, 7) is 2.24. The molecule has 7 heteroatoms. The standard InChI is InChI=1S/C14H19N3O4/c1-20-12-4-2-3-5-13(12)21-10-15-14(19)17-8-6-16(11-18)7-9-17/h2-5,11H,6-10H2,1H3,(H,15,19). The number of amides is 3. The van der Waals surface area contributed by atoms with Gasteiger partial charge in [-0.25, -0.2) is 4.79 Å². The highest BCUT2D eigenvalue weighted by Crippen LogP contribution is 2.25. The van der Waals surface area contributed by atoms with Crippen LogP contribution in [0.15, 0.2) is 24.3 Å². The quantitative estimate of drug-likeness (QED) is 0.634. The summed E-state index contributed by atoms with van der Waals surface area (Å²) < 4.78 is 10.6. The molecule has 1 fully saturated rings. The van der Waals surface area contributed by atoms with Gasteiger partial charge in [0, 0.05) is 26.2 Å². The number of carbonyl (C=O) groups excluding carboxylic acids is 2. The number of hydrogen-bond donors (Lipinski definition) is 1. The Morgan fingerprint density at radius 3 is 2.52 bits per heavy atom. The van der Waals surface area contributed by atoms with Gasteiger partial charge >= 0.3 is 6.03 Å². The zero-order valence-corrected chi connectivity index (χ0v) is 11.9. The molecule has 1 heterocycles. The second kappa shape index (κ2) is 7.37. The minimum atomic E-state index is -0.199. The van der Waals surface area contributed by atoms with Crippen molar-refractivity contribution in [1.82, 2.24) is 15.1 Å². The SMILES string of the molecule is COc1ccccc1OCNC(=O)N1CCN(C=O)CC1. The first kappa shape index (κ1) is 15.0. The molecule has 3 amide bonds. The fourth-order valence-corrected chi connectivity index (χ4v) is 2.06. The molecule has 0 spiro atoms. The van der Waals surface area contributed by atoms with Gasteiger partial charge in [-0.05, 0) is 12.1 Å². The summed E-state index contributed by atoms with van der Waals surface area (Å²) in [5.41, 5.74) is 0. The van der Waals surface area contributed by atoms with Gasteiger partial charge in [0.05, 0.1) is 7.11 Å². The van der Waals surface area contributed by atoms with E-state index in [1.165, 1.54) is 0 Å². The van der Waals surface area contributed by atoms with Gasteiger partial charge in [0.1, 0.15) is 0 Å². The predicted molar refractivity (Wildman–Crippen MR) is 76.2 cm³/mol. The third-order valence-electron chi connectivity index (χ3n) is 3.27. The van der Waals surface area contributed by atoms with E-state index in [4.69, 9.17) is 9.47 Å². The minimum Gasteiger partial charge on any atom is -0.493 e. The molecular formula is C14H19N3O4. The van der Waals surface area contributed by atoms with Crippen LogP contribution in [-0.4, -0.2) is 62.3 Å². The average Bonchev–Trinajstić information content (AvgIpc) is 2.55. The number of rotatable bonds is 5. The molecule has 7 nitrogen and oxygen atoms in total. The van der Waals surface area contributed by atoms with Gasteiger partial charge in [-0.15, -0.1) is 0 Å². The summed E-state index contributed by atoms with van der Waals surface area (Å²) in [6.07, 6.45) is 0.806. The number of ether oxygens (including phenoxy) is 2. The Morgan fingerprint density at radius 1 is 1.24 bits per heavy atom. The average molecular weight is 293 g/mol. The Morgan fingerprint density at radius 2 is 1.90 bits per heavy atom. The van der Waals surface area contributed by atoms with E-state index in [0.717, 1.165) is 6.41 Å². The Balaban J connectivity index is 1.76. The summed E-state index contributed by atoms with van der Waals surface area (Å²) >= 11 is 0. The van der Waals surface area contributed by atoms with Crippen molar-refractivity contribution in [3.8, 4) is 11.5 Å². The van der Waals surface area contributed by atoms with Crippen LogP contribution in [0.3, 0.4) is 0 Å². The Kier molecular flexibility index (Phi) is 5.25. The second-order valence-electron chi connectivity index (χ2n) is 4.55. The summed E-state index contributed by atoms with van der Waals surface area (Å²) in [4.78, 5) is 25.8. The van der Waals surface area contributed by atoms with Crippen molar-refractivity contribution >= 4 is 12.4 Å². The van der Waals surface area contributed by atoms with Gasteiger partial charge in [-0.2, -0.15) is 0 Å². The van der Waals surface area contributed by atoms with E-state index in [9.17, 15) is 9.59 Å². The topological polar surface area (TPSA) is 71.1 Å². The normalized spacial score (nSPS) is 14.5. The highest BCUT2D eigenvalue weighted by atomic mass is 16.5. The molecule has 2 rings (SSSR count). The fraction of sp³-hybridized carbons (Fsp3) is 0.429. The number of nitrogens with one attached hydrogen (secondary N) is 1. The summed E-state index contributed by atoms with van der Waals surface area (Å²) in [5, 5.41) is 2.69. The van der Waals surface area contributed by atoms with Crippen LogP contribution in [0.4, 0.5) is 4.79 Å². The predicted octanol–water partition coefficient (Wildman–Crippen LogP) is 0.515. The maximum Gasteiger partial charge on any atom is 0.320 e. The molecule has 0 aromatic heterocycles. The lowest BCUT2D eigenvalue weighted by Crippen LogP contribution is -2.51. The first-order valence-electron chi connectivity index (χ1n) is 6.72. The number of benzene rings is 1. The highest BCUT2D eigenvalue weighted by Gasteiger charge is 2.19. The van der Waals surface area contributed by atoms with Gasteiger partial charge in [-0.1, -0.05) is 12.1 Å². The van der Waals surface area contributed by atoms with Gasteiger partial charge in [-0.3, -0.25) is 4.79 Å². The molecule has 114 valence electrons. The fourth-order valence-electron chi connectivity index (χ4n) is 2.06. The molecule has 1 N–H and O–H groups in total. The zero-order chi connectivity index (χ0) is 15.1.